The summed E-state index contributed by atoms with van der Waals surface area (Å²) in [6.07, 6.45) is -0.685. The molecule has 1 saturated heterocycles. The largest absolute Gasteiger partial charge is 0.416 e. The smallest absolute Gasteiger partial charge is 0.345 e. The van der Waals surface area contributed by atoms with Crippen molar-refractivity contribution in [3.63, 3.8) is 0 Å². The molecule has 128 valence electrons. The summed E-state index contributed by atoms with van der Waals surface area (Å²) in [5.74, 6) is 0. The normalized spacial score (nSPS) is 18.4. The van der Waals surface area contributed by atoms with E-state index in [0.29, 0.717) is 6.04 Å². The Morgan fingerprint density at radius 1 is 0.917 bits per heavy atom. The standard InChI is InChI=1S/C19H21F3N2/c1-24(17-11-7-15(8-12-17)19(20,21)22)16-9-5-14(6-10-16)18-4-2-3-13-23-18/h5-12,18,23H,2-4,13H2,1H3. The molecular weight excluding hydrogens is 313 g/mol. The van der Waals surface area contributed by atoms with E-state index < -0.39 is 11.7 Å². The highest BCUT2D eigenvalue weighted by molar-refractivity contribution is 5.63. The maximum absolute atomic E-state index is 12.6. The van der Waals surface area contributed by atoms with E-state index >= 15 is 0 Å². The molecule has 1 N–H and O–H groups in total. The van der Waals surface area contributed by atoms with Gasteiger partial charge in [-0.2, -0.15) is 13.2 Å². The lowest BCUT2D eigenvalue weighted by atomic mass is 9.97. The van der Waals surface area contributed by atoms with Gasteiger partial charge in [-0.25, -0.2) is 0 Å². The van der Waals surface area contributed by atoms with Gasteiger partial charge in [0.2, 0.25) is 0 Å². The van der Waals surface area contributed by atoms with Crippen LogP contribution in [0, 0.1) is 0 Å². The van der Waals surface area contributed by atoms with Gasteiger partial charge >= 0.3 is 6.18 Å². The van der Waals surface area contributed by atoms with E-state index in [0.717, 1.165) is 36.5 Å². The Morgan fingerprint density at radius 2 is 1.50 bits per heavy atom. The van der Waals surface area contributed by atoms with Crippen LogP contribution in [0.2, 0.25) is 0 Å². The Morgan fingerprint density at radius 3 is 2.00 bits per heavy atom. The highest BCUT2D eigenvalue weighted by Crippen LogP contribution is 2.32. The Hall–Kier alpha value is -2.01. The van der Waals surface area contributed by atoms with Crippen LogP contribution in [-0.4, -0.2) is 13.6 Å². The Bertz CT molecular complexity index is 657. The van der Waals surface area contributed by atoms with Gasteiger partial charge < -0.3 is 10.2 Å². The number of piperidine rings is 1. The average molecular weight is 334 g/mol. The molecule has 1 atom stereocenters. The van der Waals surface area contributed by atoms with Crippen LogP contribution in [0.4, 0.5) is 24.5 Å². The molecule has 3 rings (SSSR count). The second kappa shape index (κ2) is 6.85. The molecular formula is C19H21F3N2. The van der Waals surface area contributed by atoms with Crippen LogP contribution < -0.4 is 10.2 Å². The number of halogens is 3. The number of hydrogen-bond donors (Lipinski definition) is 1. The number of rotatable bonds is 3. The Balaban J connectivity index is 1.73. The van der Waals surface area contributed by atoms with Crippen LogP contribution in [-0.2, 0) is 6.18 Å². The van der Waals surface area contributed by atoms with Gasteiger partial charge in [0.15, 0.2) is 0 Å². The SMILES string of the molecule is CN(c1ccc(C2CCCCN2)cc1)c1ccc(C(F)(F)F)cc1. The number of nitrogens with zero attached hydrogens (tertiary/aromatic N) is 1. The minimum atomic E-state index is -4.30. The monoisotopic (exact) mass is 334 g/mol. The van der Waals surface area contributed by atoms with E-state index in [9.17, 15) is 13.2 Å². The first-order valence-electron chi connectivity index (χ1n) is 8.19. The highest BCUT2D eigenvalue weighted by Gasteiger charge is 2.30. The molecule has 1 aliphatic rings. The quantitative estimate of drug-likeness (QED) is 0.821. The molecule has 2 aromatic rings. The first kappa shape index (κ1) is 16.8. The molecule has 0 radical (unpaired) electrons. The third-order valence-corrected chi connectivity index (χ3v) is 4.57. The topological polar surface area (TPSA) is 15.3 Å². The zero-order valence-electron chi connectivity index (χ0n) is 13.6. The maximum atomic E-state index is 12.6. The lowest BCUT2D eigenvalue weighted by molar-refractivity contribution is -0.137. The summed E-state index contributed by atoms with van der Waals surface area (Å²) in [6.45, 7) is 1.05. The number of anilines is 2. The van der Waals surface area contributed by atoms with E-state index in [1.807, 2.05) is 24.1 Å². The molecule has 1 heterocycles. The molecule has 1 unspecified atom stereocenters. The molecule has 1 aliphatic heterocycles. The molecule has 1 fully saturated rings. The van der Waals surface area contributed by atoms with Gasteiger partial charge in [0, 0.05) is 24.5 Å². The lowest BCUT2D eigenvalue weighted by Crippen LogP contribution is -2.26. The molecule has 0 amide bonds. The Labute approximate surface area is 140 Å². The summed E-state index contributed by atoms with van der Waals surface area (Å²) in [7, 11) is 1.86. The summed E-state index contributed by atoms with van der Waals surface area (Å²) in [4.78, 5) is 1.89. The highest BCUT2D eigenvalue weighted by atomic mass is 19.4. The van der Waals surface area contributed by atoms with Crippen molar-refractivity contribution in [3.8, 4) is 0 Å². The number of hydrogen-bond acceptors (Lipinski definition) is 2. The van der Waals surface area contributed by atoms with Crippen LogP contribution in [0.5, 0.6) is 0 Å². The van der Waals surface area contributed by atoms with Gasteiger partial charge in [-0.3, -0.25) is 0 Å². The molecule has 0 aromatic heterocycles. The van der Waals surface area contributed by atoms with Crippen molar-refractivity contribution in [2.45, 2.75) is 31.5 Å². The second-order valence-corrected chi connectivity index (χ2v) is 6.20. The van der Waals surface area contributed by atoms with Crippen LogP contribution in [0.3, 0.4) is 0 Å². The van der Waals surface area contributed by atoms with Crippen molar-refractivity contribution >= 4 is 11.4 Å². The van der Waals surface area contributed by atoms with Gasteiger partial charge in [-0.15, -0.1) is 0 Å². The van der Waals surface area contributed by atoms with E-state index in [4.69, 9.17) is 0 Å². The third-order valence-electron chi connectivity index (χ3n) is 4.57. The molecule has 0 bridgehead atoms. The van der Waals surface area contributed by atoms with Crippen LogP contribution in [0.25, 0.3) is 0 Å². The lowest BCUT2D eigenvalue weighted by Gasteiger charge is -2.25. The van der Waals surface area contributed by atoms with Crippen molar-refractivity contribution in [1.29, 1.82) is 0 Å². The summed E-state index contributed by atoms with van der Waals surface area (Å²) in [6, 6.07) is 13.9. The van der Waals surface area contributed by atoms with Gasteiger partial charge in [-0.1, -0.05) is 18.6 Å². The fourth-order valence-electron chi connectivity index (χ4n) is 3.09. The molecule has 5 heteroatoms. The molecule has 24 heavy (non-hydrogen) atoms. The fourth-order valence-corrected chi connectivity index (χ4v) is 3.09. The van der Waals surface area contributed by atoms with Crippen molar-refractivity contribution in [3.05, 3.63) is 59.7 Å². The van der Waals surface area contributed by atoms with Crippen molar-refractivity contribution in [1.82, 2.24) is 5.32 Å². The van der Waals surface area contributed by atoms with Gasteiger partial charge in [-0.05, 0) is 61.3 Å². The maximum Gasteiger partial charge on any atom is 0.416 e. The zero-order chi connectivity index (χ0) is 17.2. The van der Waals surface area contributed by atoms with E-state index in [-0.39, 0.29) is 0 Å². The van der Waals surface area contributed by atoms with Gasteiger partial charge in [0.1, 0.15) is 0 Å². The molecule has 0 aliphatic carbocycles. The van der Waals surface area contributed by atoms with Crippen LogP contribution >= 0.6 is 0 Å². The second-order valence-electron chi connectivity index (χ2n) is 6.20. The number of alkyl halides is 3. The van der Waals surface area contributed by atoms with Crippen LogP contribution in [0.1, 0.15) is 36.4 Å². The minimum absolute atomic E-state index is 0.407. The molecule has 2 aromatic carbocycles. The number of nitrogens with one attached hydrogen (secondary N) is 1. The van der Waals surface area contributed by atoms with Gasteiger partial charge in [0.25, 0.3) is 0 Å². The molecule has 0 saturated carbocycles. The summed E-state index contributed by atoms with van der Waals surface area (Å²) < 4.78 is 37.9. The van der Waals surface area contributed by atoms with Crippen molar-refractivity contribution < 1.29 is 13.2 Å². The molecule has 0 spiro atoms. The summed E-state index contributed by atoms with van der Waals surface area (Å²) in [5, 5.41) is 3.52. The molecule has 2 nitrogen and oxygen atoms in total. The average Bonchev–Trinajstić information content (AvgIpc) is 2.61. The summed E-state index contributed by atoms with van der Waals surface area (Å²) >= 11 is 0. The van der Waals surface area contributed by atoms with Crippen molar-refractivity contribution in [2.24, 2.45) is 0 Å². The fraction of sp³-hybridized carbons (Fsp3) is 0.368. The van der Waals surface area contributed by atoms with Crippen LogP contribution in [0.15, 0.2) is 48.5 Å². The van der Waals surface area contributed by atoms with Crippen molar-refractivity contribution in [2.75, 3.05) is 18.5 Å². The third kappa shape index (κ3) is 3.73. The van der Waals surface area contributed by atoms with E-state index in [1.54, 1.807) is 0 Å². The summed E-state index contributed by atoms with van der Waals surface area (Å²) in [5.41, 5.74) is 2.32. The van der Waals surface area contributed by atoms with E-state index in [2.05, 4.69) is 17.4 Å². The Kier molecular flexibility index (Phi) is 4.81. The minimum Gasteiger partial charge on any atom is -0.345 e. The number of benzene rings is 2. The zero-order valence-corrected chi connectivity index (χ0v) is 13.6. The van der Waals surface area contributed by atoms with E-state index in [1.165, 1.54) is 30.5 Å². The first-order chi connectivity index (χ1) is 11.4. The predicted octanol–water partition coefficient (Wildman–Crippen LogP) is 5.29. The first-order valence-corrected chi connectivity index (χ1v) is 8.19. The van der Waals surface area contributed by atoms with Gasteiger partial charge in [0.05, 0.1) is 5.56 Å². The predicted molar refractivity (Wildman–Crippen MR) is 90.5 cm³/mol.